The molecule has 144 valence electrons. The van der Waals surface area contributed by atoms with E-state index in [4.69, 9.17) is 16.9 Å². The number of fused-ring (bicyclic) bond motifs is 1. The van der Waals surface area contributed by atoms with Crippen molar-refractivity contribution >= 4 is 17.4 Å². The minimum atomic E-state index is -2.89. The predicted octanol–water partition coefficient (Wildman–Crippen LogP) is 3.10. The van der Waals surface area contributed by atoms with Crippen LogP contribution in [0, 0.1) is 22.7 Å². The van der Waals surface area contributed by atoms with Crippen LogP contribution in [-0.2, 0) is 19.5 Å². The zero-order valence-corrected chi connectivity index (χ0v) is 15.4. The van der Waals surface area contributed by atoms with Crippen molar-refractivity contribution in [3.63, 3.8) is 0 Å². The molecule has 2 aromatic heterocycles. The van der Waals surface area contributed by atoms with E-state index in [2.05, 4.69) is 31.0 Å². The molecule has 1 aliphatic rings. The second kappa shape index (κ2) is 8.79. The molecule has 0 unspecified atom stereocenters. The molecule has 0 saturated heterocycles. The molecule has 3 rings (SSSR count). The third-order valence-electron chi connectivity index (χ3n) is 4.28. The van der Waals surface area contributed by atoms with Crippen LogP contribution < -0.4 is 10.1 Å². The molecular formula is C18H15ClF2N6O. The average molecular weight is 405 g/mol. The van der Waals surface area contributed by atoms with Crippen LogP contribution in [0.25, 0.3) is 0 Å². The van der Waals surface area contributed by atoms with Crippen LogP contribution in [0.5, 0.6) is 5.75 Å². The molecule has 7 nitrogen and oxygen atoms in total. The van der Waals surface area contributed by atoms with Crippen molar-refractivity contribution in [3.8, 4) is 17.9 Å². The van der Waals surface area contributed by atoms with E-state index < -0.39 is 6.61 Å². The van der Waals surface area contributed by atoms with Gasteiger partial charge >= 0.3 is 6.61 Å². The van der Waals surface area contributed by atoms with Crippen LogP contribution in [0.15, 0.2) is 18.3 Å². The number of nitrogens with one attached hydrogen (secondary N) is 1. The number of hydrogen-bond donors (Lipinski definition) is 1. The third-order valence-corrected chi connectivity index (χ3v) is 4.56. The predicted molar refractivity (Wildman–Crippen MR) is 96.8 cm³/mol. The van der Waals surface area contributed by atoms with Crippen LogP contribution in [0.1, 0.15) is 22.4 Å². The van der Waals surface area contributed by atoms with Gasteiger partial charge in [-0.05, 0) is 24.1 Å². The standard InChI is InChI=1S/C18H15ClF2N6O/c19-16-14(7-23)13-3-6-27(10-15(13)17(26-16)24-5-4-22)9-11-1-2-12(8-25-11)28-18(20)21/h1-2,8,18H,3,5-6,9-10H2,(H,24,26). The first-order valence-electron chi connectivity index (χ1n) is 8.36. The maximum Gasteiger partial charge on any atom is 0.387 e. The number of hydrogen-bond acceptors (Lipinski definition) is 7. The van der Waals surface area contributed by atoms with E-state index in [-0.39, 0.29) is 17.4 Å². The van der Waals surface area contributed by atoms with E-state index in [1.165, 1.54) is 12.3 Å². The molecular weight excluding hydrogens is 390 g/mol. The highest BCUT2D eigenvalue weighted by Crippen LogP contribution is 2.32. The Hall–Kier alpha value is -3.01. The fraction of sp³-hybridized carbons (Fsp3) is 0.333. The van der Waals surface area contributed by atoms with Gasteiger partial charge < -0.3 is 10.1 Å². The van der Waals surface area contributed by atoms with E-state index in [0.29, 0.717) is 43.1 Å². The smallest absolute Gasteiger partial charge is 0.387 e. The number of anilines is 1. The first kappa shape index (κ1) is 19.7. The molecule has 0 atom stereocenters. The molecule has 0 amide bonds. The SMILES string of the molecule is N#CCNc1nc(Cl)c(C#N)c2c1CN(Cc1ccc(OC(F)F)cn1)CC2. The lowest BCUT2D eigenvalue weighted by molar-refractivity contribution is -0.0501. The summed E-state index contributed by atoms with van der Waals surface area (Å²) in [6.45, 7) is -1.19. The molecule has 0 fully saturated rings. The summed E-state index contributed by atoms with van der Waals surface area (Å²) in [4.78, 5) is 10.5. The second-order valence-electron chi connectivity index (χ2n) is 6.03. The molecule has 0 bridgehead atoms. The van der Waals surface area contributed by atoms with E-state index in [9.17, 15) is 14.0 Å². The summed E-state index contributed by atoms with van der Waals surface area (Å²) in [6.07, 6.45) is 1.85. The Bertz CT molecular complexity index is 939. The van der Waals surface area contributed by atoms with Crippen LogP contribution in [-0.4, -0.2) is 34.6 Å². The average Bonchev–Trinajstić information content (AvgIpc) is 2.67. The Labute approximate surface area is 165 Å². The normalized spacial score (nSPS) is 13.5. The van der Waals surface area contributed by atoms with E-state index >= 15 is 0 Å². The van der Waals surface area contributed by atoms with Crippen LogP contribution in [0.3, 0.4) is 0 Å². The number of nitrogens with zero attached hydrogens (tertiary/aromatic N) is 5. The zero-order valence-electron chi connectivity index (χ0n) is 14.6. The van der Waals surface area contributed by atoms with Gasteiger partial charge in [-0.25, -0.2) is 4.98 Å². The van der Waals surface area contributed by atoms with E-state index in [0.717, 1.165) is 11.1 Å². The van der Waals surface area contributed by atoms with E-state index in [1.807, 2.05) is 6.07 Å². The van der Waals surface area contributed by atoms with Gasteiger partial charge in [0.2, 0.25) is 0 Å². The van der Waals surface area contributed by atoms with Crippen LogP contribution in [0.2, 0.25) is 5.15 Å². The zero-order chi connectivity index (χ0) is 20.1. The Kier molecular flexibility index (Phi) is 6.19. The minimum Gasteiger partial charge on any atom is -0.433 e. The molecule has 28 heavy (non-hydrogen) atoms. The summed E-state index contributed by atoms with van der Waals surface area (Å²) >= 11 is 6.12. The first-order valence-corrected chi connectivity index (χ1v) is 8.74. The summed E-state index contributed by atoms with van der Waals surface area (Å²) in [7, 11) is 0. The Morgan fingerprint density at radius 3 is 2.79 bits per heavy atom. The Morgan fingerprint density at radius 1 is 1.32 bits per heavy atom. The van der Waals surface area contributed by atoms with Crippen LogP contribution in [0.4, 0.5) is 14.6 Å². The molecule has 0 spiro atoms. The van der Waals surface area contributed by atoms with Crippen molar-refractivity contribution in [1.82, 2.24) is 14.9 Å². The maximum atomic E-state index is 12.2. The lowest BCUT2D eigenvalue weighted by Gasteiger charge is -2.30. The van der Waals surface area contributed by atoms with Gasteiger partial charge in [-0.2, -0.15) is 19.3 Å². The maximum absolute atomic E-state index is 12.2. The largest absolute Gasteiger partial charge is 0.433 e. The number of nitriles is 2. The van der Waals surface area contributed by atoms with Gasteiger partial charge in [-0.15, -0.1) is 0 Å². The van der Waals surface area contributed by atoms with Gasteiger partial charge in [0.1, 0.15) is 29.3 Å². The molecule has 0 radical (unpaired) electrons. The molecule has 0 saturated carbocycles. The molecule has 10 heteroatoms. The third kappa shape index (κ3) is 4.45. The highest BCUT2D eigenvalue weighted by atomic mass is 35.5. The van der Waals surface area contributed by atoms with Crippen LogP contribution >= 0.6 is 11.6 Å². The van der Waals surface area contributed by atoms with Gasteiger partial charge in [-0.1, -0.05) is 11.6 Å². The van der Waals surface area contributed by atoms with Gasteiger partial charge in [0.15, 0.2) is 0 Å². The van der Waals surface area contributed by atoms with Crippen molar-refractivity contribution < 1.29 is 13.5 Å². The Morgan fingerprint density at radius 2 is 2.14 bits per heavy atom. The number of halogens is 3. The van der Waals surface area contributed by atoms with Gasteiger partial charge in [0.05, 0.1) is 23.5 Å². The summed E-state index contributed by atoms with van der Waals surface area (Å²) in [5, 5.41) is 21.3. The van der Waals surface area contributed by atoms with Crippen molar-refractivity contribution in [1.29, 1.82) is 10.5 Å². The lowest BCUT2D eigenvalue weighted by atomic mass is 9.96. The molecule has 3 heterocycles. The van der Waals surface area contributed by atoms with E-state index in [1.54, 1.807) is 6.07 Å². The lowest BCUT2D eigenvalue weighted by Crippen LogP contribution is -2.32. The fourth-order valence-corrected chi connectivity index (χ4v) is 3.32. The summed E-state index contributed by atoms with van der Waals surface area (Å²) in [6, 6.07) is 7.17. The Balaban J connectivity index is 1.79. The van der Waals surface area contributed by atoms with Crippen molar-refractivity contribution in [2.45, 2.75) is 26.1 Å². The number of aromatic nitrogens is 2. The van der Waals surface area contributed by atoms with Gasteiger partial charge in [0, 0.05) is 25.2 Å². The van der Waals surface area contributed by atoms with Crippen molar-refractivity contribution in [3.05, 3.63) is 45.9 Å². The number of rotatable bonds is 6. The summed E-state index contributed by atoms with van der Waals surface area (Å²) in [5.74, 6) is 0.488. The number of pyridine rings is 2. The number of alkyl halides is 2. The topological polar surface area (TPSA) is 97.9 Å². The van der Waals surface area contributed by atoms with Gasteiger partial charge in [-0.3, -0.25) is 9.88 Å². The number of ether oxygens (including phenoxy) is 1. The molecule has 1 aliphatic heterocycles. The monoisotopic (exact) mass is 404 g/mol. The van der Waals surface area contributed by atoms with Gasteiger partial charge in [0.25, 0.3) is 0 Å². The van der Waals surface area contributed by atoms with Crippen molar-refractivity contribution in [2.24, 2.45) is 0 Å². The van der Waals surface area contributed by atoms with Crippen molar-refractivity contribution in [2.75, 3.05) is 18.4 Å². The first-order chi connectivity index (χ1) is 13.5. The summed E-state index contributed by atoms with van der Waals surface area (Å²) in [5.41, 5.74) is 2.69. The molecule has 1 N–H and O–H groups in total. The highest BCUT2D eigenvalue weighted by Gasteiger charge is 2.25. The quantitative estimate of drug-likeness (QED) is 0.583. The molecule has 2 aromatic rings. The summed E-state index contributed by atoms with van der Waals surface area (Å²) < 4.78 is 28.8. The molecule has 0 aliphatic carbocycles. The highest BCUT2D eigenvalue weighted by molar-refractivity contribution is 6.30. The fourth-order valence-electron chi connectivity index (χ4n) is 3.08. The minimum absolute atomic E-state index is 0.00299. The molecule has 0 aromatic carbocycles. The second-order valence-corrected chi connectivity index (χ2v) is 6.39.